The second kappa shape index (κ2) is 9.51. The number of thioether (sulfide) groups is 1. The number of ether oxygens (including phenoxy) is 2. The number of nitrogens with zero attached hydrogens (tertiary/aromatic N) is 1. The first-order chi connectivity index (χ1) is 14.3. The first-order valence-corrected chi connectivity index (χ1v) is 10.6. The van der Waals surface area contributed by atoms with Gasteiger partial charge in [-0.25, -0.2) is 4.79 Å². The van der Waals surface area contributed by atoms with E-state index in [2.05, 4.69) is 0 Å². The molecule has 0 bridgehead atoms. The van der Waals surface area contributed by atoms with Crippen LogP contribution in [0, 0.1) is 0 Å². The fraction of sp³-hybridized carbons (Fsp3) is 0.190. The molecule has 1 fully saturated rings. The number of benzene rings is 2. The minimum absolute atomic E-state index is 0.268. The van der Waals surface area contributed by atoms with Crippen molar-refractivity contribution in [1.29, 1.82) is 0 Å². The number of halogens is 1. The third-order valence-corrected chi connectivity index (χ3v) is 5.73. The smallest absolute Gasteiger partial charge is 0.344 e. The van der Waals surface area contributed by atoms with Crippen LogP contribution in [-0.2, 0) is 9.59 Å². The summed E-state index contributed by atoms with van der Waals surface area (Å²) < 4.78 is 11.4. The summed E-state index contributed by atoms with van der Waals surface area (Å²) >= 11 is 12.8. The van der Waals surface area contributed by atoms with Gasteiger partial charge in [0.1, 0.15) is 0 Å². The number of carbonyl (C=O) groups excluding carboxylic acids is 1. The van der Waals surface area contributed by atoms with E-state index in [-0.39, 0.29) is 5.91 Å². The number of hydrogen-bond donors (Lipinski definition) is 1. The van der Waals surface area contributed by atoms with Crippen LogP contribution in [-0.4, -0.2) is 34.0 Å². The van der Waals surface area contributed by atoms with Crippen molar-refractivity contribution < 1.29 is 24.2 Å². The van der Waals surface area contributed by atoms with Gasteiger partial charge in [0.2, 0.25) is 0 Å². The highest BCUT2D eigenvalue weighted by molar-refractivity contribution is 8.27. The summed E-state index contributed by atoms with van der Waals surface area (Å²) in [4.78, 5) is 25.9. The van der Waals surface area contributed by atoms with E-state index >= 15 is 0 Å². The normalized spacial score (nSPS) is 16.1. The molecule has 3 rings (SSSR count). The molecule has 2 aromatic carbocycles. The molecular weight excluding hydrogens is 446 g/mol. The number of thiocarbonyl (C=S) groups is 1. The Bertz CT molecular complexity index is 1040. The van der Waals surface area contributed by atoms with Crippen LogP contribution in [0.3, 0.4) is 0 Å². The van der Waals surface area contributed by atoms with Gasteiger partial charge in [0.05, 0.1) is 22.2 Å². The first-order valence-electron chi connectivity index (χ1n) is 9.00. The molecular formula is C21H18ClNO5S2. The van der Waals surface area contributed by atoms with Crippen molar-refractivity contribution in [2.45, 2.75) is 20.0 Å². The molecule has 1 N–H and O–H groups in total. The Morgan fingerprint density at radius 2 is 2.03 bits per heavy atom. The van der Waals surface area contributed by atoms with Crippen LogP contribution >= 0.6 is 35.6 Å². The van der Waals surface area contributed by atoms with E-state index in [1.807, 2.05) is 6.92 Å². The van der Waals surface area contributed by atoms with E-state index in [1.54, 1.807) is 48.5 Å². The van der Waals surface area contributed by atoms with Crippen molar-refractivity contribution >= 4 is 63.5 Å². The lowest BCUT2D eigenvalue weighted by atomic mass is 10.1. The van der Waals surface area contributed by atoms with E-state index in [1.165, 1.54) is 23.6 Å². The Morgan fingerprint density at radius 3 is 2.70 bits per heavy atom. The van der Waals surface area contributed by atoms with Gasteiger partial charge in [-0.2, -0.15) is 0 Å². The van der Waals surface area contributed by atoms with Crippen molar-refractivity contribution in [1.82, 2.24) is 0 Å². The van der Waals surface area contributed by atoms with E-state index in [9.17, 15) is 9.59 Å². The molecule has 6 nitrogen and oxygen atoms in total. The van der Waals surface area contributed by atoms with Gasteiger partial charge >= 0.3 is 5.97 Å². The zero-order chi connectivity index (χ0) is 21.8. The Kier molecular flexibility index (Phi) is 7.02. The van der Waals surface area contributed by atoms with E-state index in [0.717, 1.165) is 0 Å². The molecule has 0 aliphatic carbocycles. The summed E-state index contributed by atoms with van der Waals surface area (Å²) in [6.45, 7) is 3.62. The number of carboxylic acids is 1. The molecule has 30 heavy (non-hydrogen) atoms. The number of rotatable bonds is 7. The van der Waals surface area contributed by atoms with Gasteiger partial charge in [0.25, 0.3) is 5.91 Å². The largest absolute Gasteiger partial charge is 0.490 e. The Morgan fingerprint density at radius 1 is 1.30 bits per heavy atom. The predicted molar refractivity (Wildman–Crippen MR) is 122 cm³/mol. The van der Waals surface area contributed by atoms with Crippen LogP contribution in [0.4, 0.5) is 5.69 Å². The fourth-order valence-electron chi connectivity index (χ4n) is 2.68. The van der Waals surface area contributed by atoms with E-state index in [0.29, 0.717) is 43.6 Å². The van der Waals surface area contributed by atoms with Crippen molar-refractivity contribution in [2.75, 3.05) is 11.5 Å². The minimum Gasteiger partial charge on any atom is -0.490 e. The first kappa shape index (κ1) is 22.1. The quantitative estimate of drug-likeness (QED) is 0.457. The second-order valence-corrected chi connectivity index (χ2v) is 8.29. The highest BCUT2D eigenvalue weighted by Gasteiger charge is 2.34. The molecule has 1 aliphatic rings. The maximum atomic E-state index is 12.9. The number of amides is 1. The maximum absolute atomic E-state index is 12.9. The SMILES string of the molecule is CCOc1cc(/C=C2/SC(=S)N(c3ccccc3Cl)C2=O)ccc1OC(C)C(=O)O. The van der Waals surface area contributed by atoms with Crippen molar-refractivity contribution in [3.8, 4) is 11.5 Å². The van der Waals surface area contributed by atoms with Crippen LogP contribution < -0.4 is 14.4 Å². The Hall–Kier alpha value is -2.55. The standard InChI is InChI=1S/C21H18ClNO5S2/c1-3-27-17-10-13(8-9-16(17)28-12(2)20(25)26)11-18-19(24)23(21(29)30-18)15-7-5-4-6-14(15)22/h4-12H,3H2,1-2H3,(H,25,26)/b18-11+. The number of hydrogen-bond acceptors (Lipinski definition) is 6. The zero-order valence-corrected chi connectivity index (χ0v) is 18.5. The van der Waals surface area contributed by atoms with Crippen LogP contribution in [0.25, 0.3) is 6.08 Å². The summed E-state index contributed by atoms with van der Waals surface area (Å²) in [6.07, 6.45) is 0.671. The lowest BCUT2D eigenvalue weighted by molar-refractivity contribution is -0.144. The van der Waals surface area contributed by atoms with Crippen molar-refractivity contribution in [3.05, 3.63) is 58.0 Å². The van der Waals surface area contributed by atoms with Crippen LogP contribution in [0.1, 0.15) is 19.4 Å². The number of carbonyl (C=O) groups is 2. The van der Waals surface area contributed by atoms with Gasteiger partial charge in [0.15, 0.2) is 21.9 Å². The number of aliphatic carboxylic acids is 1. The molecule has 0 spiro atoms. The van der Waals surface area contributed by atoms with Gasteiger partial charge in [-0.15, -0.1) is 0 Å². The maximum Gasteiger partial charge on any atom is 0.344 e. The third kappa shape index (κ3) is 4.77. The molecule has 1 heterocycles. The molecule has 1 atom stereocenters. The molecule has 156 valence electrons. The molecule has 1 unspecified atom stereocenters. The van der Waals surface area contributed by atoms with Crippen molar-refractivity contribution in [3.63, 3.8) is 0 Å². The van der Waals surface area contributed by atoms with Gasteiger partial charge in [-0.05, 0) is 49.8 Å². The summed E-state index contributed by atoms with van der Waals surface area (Å²) in [5, 5.41) is 9.49. The minimum atomic E-state index is -1.08. The number of carboxylic acid groups (broad SMARTS) is 1. The summed E-state index contributed by atoms with van der Waals surface area (Å²) in [5.74, 6) is -0.644. The van der Waals surface area contributed by atoms with Crippen LogP contribution in [0.15, 0.2) is 47.4 Å². The number of para-hydroxylation sites is 1. The average Bonchev–Trinajstić information content (AvgIpc) is 2.97. The van der Waals surface area contributed by atoms with Gasteiger partial charge in [0, 0.05) is 0 Å². The third-order valence-electron chi connectivity index (χ3n) is 4.10. The lowest BCUT2D eigenvalue weighted by Crippen LogP contribution is -2.27. The van der Waals surface area contributed by atoms with Gasteiger partial charge in [-0.3, -0.25) is 9.69 Å². The molecule has 1 amide bonds. The molecule has 0 aromatic heterocycles. The van der Waals surface area contributed by atoms with Gasteiger partial charge < -0.3 is 14.6 Å². The monoisotopic (exact) mass is 463 g/mol. The average molecular weight is 464 g/mol. The van der Waals surface area contributed by atoms with Gasteiger partial charge in [-0.1, -0.05) is 53.8 Å². The molecule has 2 aromatic rings. The molecule has 0 saturated carbocycles. The summed E-state index contributed by atoms with van der Waals surface area (Å²) in [6, 6.07) is 12.0. The van der Waals surface area contributed by atoms with E-state index < -0.39 is 12.1 Å². The van der Waals surface area contributed by atoms with Crippen LogP contribution in [0.2, 0.25) is 5.02 Å². The second-order valence-electron chi connectivity index (χ2n) is 6.21. The molecule has 1 aliphatic heterocycles. The molecule has 0 radical (unpaired) electrons. The predicted octanol–water partition coefficient (Wildman–Crippen LogP) is 5.00. The number of anilines is 1. The van der Waals surface area contributed by atoms with Crippen molar-refractivity contribution in [2.24, 2.45) is 0 Å². The Balaban J connectivity index is 1.90. The summed E-state index contributed by atoms with van der Waals surface area (Å²) in [5.41, 5.74) is 1.22. The zero-order valence-electron chi connectivity index (χ0n) is 16.1. The van der Waals surface area contributed by atoms with E-state index in [4.69, 9.17) is 38.4 Å². The summed E-state index contributed by atoms with van der Waals surface area (Å²) in [7, 11) is 0. The lowest BCUT2D eigenvalue weighted by Gasteiger charge is -2.16. The van der Waals surface area contributed by atoms with Crippen LogP contribution in [0.5, 0.6) is 11.5 Å². The molecule has 1 saturated heterocycles. The topological polar surface area (TPSA) is 76.1 Å². The highest BCUT2D eigenvalue weighted by atomic mass is 35.5. The molecule has 9 heteroatoms. The fourth-order valence-corrected chi connectivity index (χ4v) is 4.19. The Labute approximate surface area is 188 Å². The highest BCUT2D eigenvalue weighted by Crippen LogP contribution is 2.39.